The third-order valence-corrected chi connectivity index (χ3v) is 3.90. The minimum absolute atomic E-state index is 0.0337. The van der Waals surface area contributed by atoms with Crippen molar-refractivity contribution < 1.29 is 4.79 Å². The Kier molecular flexibility index (Phi) is 2.47. The van der Waals surface area contributed by atoms with Crippen molar-refractivity contribution in [2.45, 2.75) is 6.04 Å². The number of hydrogen-bond acceptors (Lipinski definition) is 3. The van der Waals surface area contributed by atoms with Crippen molar-refractivity contribution in [3.05, 3.63) is 59.7 Å². The summed E-state index contributed by atoms with van der Waals surface area (Å²) in [6.45, 7) is 0.766. The van der Waals surface area contributed by atoms with Gasteiger partial charge < -0.3 is 10.6 Å². The number of carbonyl (C=O) groups excluding carboxylic acids is 1. The summed E-state index contributed by atoms with van der Waals surface area (Å²) >= 11 is 0. The highest BCUT2D eigenvalue weighted by molar-refractivity contribution is 6.01. The van der Waals surface area contributed by atoms with Crippen molar-refractivity contribution in [1.29, 1.82) is 0 Å². The number of anilines is 1. The van der Waals surface area contributed by atoms with Crippen molar-refractivity contribution >= 4 is 22.6 Å². The molecule has 1 fully saturated rings. The summed E-state index contributed by atoms with van der Waals surface area (Å²) in [6, 6.07) is 15.7. The molecule has 1 atom stereocenters. The van der Waals surface area contributed by atoms with Crippen molar-refractivity contribution in [1.82, 2.24) is 15.1 Å². The Morgan fingerprint density at radius 1 is 1.24 bits per heavy atom. The van der Waals surface area contributed by atoms with Gasteiger partial charge in [-0.15, -0.1) is 0 Å². The molecule has 0 spiro atoms. The number of amides is 1. The van der Waals surface area contributed by atoms with Crippen LogP contribution in [0, 0.1) is 0 Å². The summed E-state index contributed by atoms with van der Waals surface area (Å²) in [6.07, 6.45) is 0. The number of fused-ring (bicyclic) bond motifs is 1. The molecule has 2 heterocycles. The number of aromatic nitrogens is 2. The van der Waals surface area contributed by atoms with Crippen molar-refractivity contribution in [2.24, 2.45) is 0 Å². The van der Waals surface area contributed by atoms with E-state index in [0.29, 0.717) is 11.4 Å². The van der Waals surface area contributed by atoms with Crippen LogP contribution in [0.4, 0.5) is 5.82 Å². The Labute approximate surface area is 121 Å². The third-order valence-electron chi connectivity index (χ3n) is 3.90. The van der Waals surface area contributed by atoms with Crippen LogP contribution in [0.5, 0.6) is 0 Å². The maximum Gasteiger partial charge on any atom is 0.254 e. The van der Waals surface area contributed by atoms with Crippen molar-refractivity contribution in [2.75, 3.05) is 12.3 Å². The fourth-order valence-corrected chi connectivity index (χ4v) is 2.66. The van der Waals surface area contributed by atoms with E-state index in [2.05, 4.69) is 22.3 Å². The van der Waals surface area contributed by atoms with Crippen LogP contribution in [0.25, 0.3) is 10.9 Å². The number of rotatable bonds is 2. The van der Waals surface area contributed by atoms with Crippen LogP contribution in [0.1, 0.15) is 22.0 Å². The molecule has 1 aromatic heterocycles. The number of nitrogens with two attached hydrogens (primary N) is 1. The first kappa shape index (κ1) is 12.0. The minimum Gasteiger partial charge on any atom is -0.382 e. The lowest BCUT2D eigenvalue weighted by Gasteiger charge is -2.05. The van der Waals surface area contributed by atoms with E-state index in [0.717, 1.165) is 17.4 Å². The van der Waals surface area contributed by atoms with Gasteiger partial charge in [0.05, 0.1) is 11.6 Å². The van der Waals surface area contributed by atoms with Gasteiger partial charge in [0.2, 0.25) is 0 Å². The molecule has 2 aromatic carbocycles. The predicted octanol–water partition coefficient (Wildman–Crippen LogP) is 2.34. The largest absolute Gasteiger partial charge is 0.382 e. The molecule has 3 aromatic rings. The number of carbonyl (C=O) groups is 1. The number of nitrogens with zero attached hydrogens (tertiary/aromatic N) is 2. The highest BCUT2D eigenvalue weighted by atomic mass is 16.2. The number of aromatic amines is 1. The lowest BCUT2D eigenvalue weighted by molar-refractivity contribution is 0.0874. The molecule has 104 valence electrons. The zero-order chi connectivity index (χ0) is 14.4. The monoisotopic (exact) mass is 278 g/mol. The molecule has 0 aliphatic carbocycles. The van der Waals surface area contributed by atoms with Gasteiger partial charge >= 0.3 is 0 Å². The number of hydrogen-bond donors (Lipinski definition) is 2. The molecule has 0 bridgehead atoms. The van der Waals surface area contributed by atoms with E-state index >= 15 is 0 Å². The molecule has 1 saturated heterocycles. The number of H-pyrrole nitrogens is 1. The Balaban J connectivity index is 1.61. The highest BCUT2D eigenvalue weighted by Crippen LogP contribution is 2.36. The van der Waals surface area contributed by atoms with Crippen molar-refractivity contribution in [3.63, 3.8) is 0 Å². The van der Waals surface area contributed by atoms with Crippen LogP contribution >= 0.6 is 0 Å². The van der Waals surface area contributed by atoms with Gasteiger partial charge in [-0.2, -0.15) is 5.10 Å². The smallest absolute Gasteiger partial charge is 0.254 e. The summed E-state index contributed by atoms with van der Waals surface area (Å²) in [7, 11) is 0. The Morgan fingerprint density at radius 2 is 2.05 bits per heavy atom. The van der Waals surface area contributed by atoms with Crippen LogP contribution in [-0.4, -0.2) is 27.5 Å². The van der Waals surface area contributed by atoms with Crippen LogP contribution in [0.3, 0.4) is 0 Å². The molecule has 1 aliphatic heterocycles. The van der Waals surface area contributed by atoms with Crippen LogP contribution in [-0.2, 0) is 0 Å². The first-order valence-electron chi connectivity index (χ1n) is 6.83. The number of nitrogens with one attached hydrogen (secondary N) is 1. The second-order valence-corrected chi connectivity index (χ2v) is 5.25. The maximum atomic E-state index is 12.5. The first-order valence-corrected chi connectivity index (χ1v) is 6.83. The molecule has 4 rings (SSSR count). The van der Waals surface area contributed by atoms with Gasteiger partial charge in [-0.1, -0.05) is 30.3 Å². The normalized spacial score (nSPS) is 17.1. The molecule has 3 N–H and O–H groups in total. The SMILES string of the molecule is Nc1n[nH]c2ccc(C(=O)N3CC3c3ccccc3)cc12. The maximum absolute atomic E-state index is 12.5. The fraction of sp³-hybridized carbons (Fsp3) is 0.125. The molecule has 5 nitrogen and oxygen atoms in total. The molecule has 1 aliphatic rings. The van der Waals surface area contributed by atoms with E-state index in [4.69, 9.17) is 5.73 Å². The van der Waals surface area contributed by atoms with Gasteiger partial charge in [0.1, 0.15) is 0 Å². The Bertz CT molecular complexity index is 825. The van der Waals surface area contributed by atoms with E-state index < -0.39 is 0 Å². The van der Waals surface area contributed by atoms with Gasteiger partial charge in [0, 0.05) is 17.5 Å². The van der Waals surface area contributed by atoms with Gasteiger partial charge in [-0.3, -0.25) is 9.89 Å². The summed E-state index contributed by atoms with van der Waals surface area (Å²) < 4.78 is 0. The van der Waals surface area contributed by atoms with Gasteiger partial charge in [0.25, 0.3) is 5.91 Å². The highest BCUT2D eigenvalue weighted by Gasteiger charge is 2.39. The molecule has 0 saturated carbocycles. The van der Waals surface area contributed by atoms with Crippen LogP contribution in [0.2, 0.25) is 0 Å². The molecule has 5 heteroatoms. The molecule has 21 heavy (non-hydrogen) atoms. The van der Waals surface area contributed by atoms with Gasteiger partial charge in [-0.25, -0.2) is 0 Å². The Morgan fingerprint density at radius 3 is 2.86 bits per heavy atom. The first-order chi connectivity index (χ1) is 10.2. The van der Waals surface area contributed by atoms with E-state index in [1.165, 1.54) is 5.56 Å². The molecule has 1 amide bonds. The van der Waals surface area contributed by atoms with E-state index in [9.17, 15) is 4.79 Å². The number of nitrogen functional groups attached to an aromatic ring is 1. The molecule has 0 radical (unpaired) electrons. The summed E-state index contributed by atoms with van der Waals surface area (Å²) in [5.41, 5.74) is 8.45. The molecular weight excluding hydrogens is 264 g/mol. The second-order valence-electron chi connectivity index (χ2n) is 5.25. The van der Waals surface area contributed by atoms with Gasteiger partial charge in [-0.05, 0) is 23.8 Å². The topological polar surface area (TPSA) is 74.8 Å². The van der Waals surface area contributed by atoms with E-state index in [-0.39, 0.29) is 11.9 Å². The Hall–Kier alpha value is -2.82. The predicted molar refractivity (Wildman–Crippen MR) is 80.7 cm³/mol. The van der Waals surface area contributed by atoms with E-state index in [1.807, 2.05) is 35.2 Å². The standard InChI is InChI=1S/C16H14N4O/c17-15-12-8-11(6-7-13(12)18-19-15)16(21)20-9-14(20)10-4-2-1-3-5-10/h1-8,14H,9H2,(H3,17,18,19). The fourth-order valence-electron chi connectivity index (χ4n) is 2.66. The average Bonchev–Trinajstić information content (AvgIpc) is 3.25. The second kappa shape index (κ2) is 4.34. The summed E-state index contributed by atoms with van der Waals surface area (Å²) in [4.78, 5) is 14.4. The molecule has 1 unspecified atom stereocenters. The zero-order valence-corrected chi connectivity index (χ0v) is 11.3. The summed E-state index contributed by atoms with van der Waals surface area (Å²) in [5.74, 6) is 0.455. The van der Waals surface area contributed by atoms with Crippen LogP contribution < -0.4 is 5.73 Å². The van der Waals surface area contributed by atoms with E-state index in [1.54, 1.807) is 6.07 Å². The lowest BCUT2D eigenvalue weighted by atomic mass is 10.1. The zero-order valence-electron chi connectivity index (χ0n) is 11.3. The quantitative estimate of drug-likeness (QED) is 0.706. The minimum atomic E-state index is 0.0337. The van der Waals surface area contributed by atoms with Crippen LogP contribution in [0.15, 0.2) is 48.5 Å². The van der Waals surface area contributed by atoms with Gasteiger partial charge in [0.15, 0.2) is 5.82 Å². The third kappa shape index (κ3) is 1.94. The molecular formula is C16H14N4O. The lowest BCUT2D eigenvalue weighted by Crippen LogP contribution is -2.11. The average molecular weight is 278 g/mol. The number of benzene rings is 2. The summed E-state index contributed by atoms with van der Waals surface area (Å²) in [5, 5.41) is 7.57. The van der Waals surface area contributed by atoms with Crippen molar-refractivity contribution in [3.8, 4) is 0 Å².